The number of ether oxygens (including phenoxy) is 2. The van der Waals surface area contributed by atoms with Gasteiger partial charge in [0.2, 0.25) is 5.88 Å². The van der Waals surface area contributed by atoms with Crippen molar-refractivity contribution in [3.05, 3.63) is 17.7 Å². The lowest BCUT2D eigenvalue weighted by molar-refractivity contribution is -0.138. The lowest BCUT2D eigenvalue weighted by atomic mass is 10.1. The highest BCUT2D eigenvalue weighted by atomic mass is 16.6. The van der Waals surface area contributed by atoms with E-state index in [9.17, 15) is 9.59 Å². The fourth-order valence-corrected chi connectivity index (χ4v) is 2.15. The number of carbonyl (C=O) groups excluding carboxylic acids is 1. The number of aliphatic carboxylic acids is 1. The molecule has 1 aromatic rings. The first kappa shape index (κ1) is 16.1. The summed E-state index contributed by atoms with van der Waals surface area (Å²) in [7, 11) is 1.46. The fraction of sp³-hybridized carbons (Fsp3) is 0.533. The molecule has 7 nitrogen and oxygen atoms in total. The summed E-state index contributed by atoms with van der Waals surface area (Å²) in [5.74, 6) is -0.684. The van der Waals surface area contributed by atoms with Gasteiger partial charge in [0.25, 0.3) is 0 Å². The van der Waals surface area contributed by atoms with Gasteiger partial charge in [0.15, 0.2) is 0 Å². The minimum absolute atomic E-state index is 0.0754. The van der Waals surface area contributed by atoms with Crippen molar-refractivity contribution in [1.29, 1.82) is 0 Å². The number of amides is 1. The Morgan fingerprint density at radius 3 is 2.55 bits per heavy atom. The van der Waals surface area contributed by atoms with E-state index in [0.717, 1.165) is 5.56 Å². The van der Waals surface area contributed by atoms with Gasteiger partial charge in [-0.2, -0.15) is 4.98 Å². The molecule has 0 radical (unpaired) electrons. The van der Waals surface area contributed by atoms with Gasteiger partial charge in [0.05, 0.1) is 13.0 Å². The van der Waals surface area contributed by atoms with Gasteiger partial charge in [-0.3, -0.25) is 10.1 Å². The molecule has 1 heterocycles. The van der Waals surface area contributed by atoms with Crippen molar-refractivity contribution in [2.45, 2.75) is 38.7 Å². The molecule has 2 rings (SSSR count). The van der Waals surface area contributed by atoms with Crippen LogP contribution in [-0.4, -0.2) is 34.9 Å². The second kappa shape index (κ2) is 5.82. The number of aromatic nitrogens is 1. The third kappa shape index (κ3) is 4.09. The maximum Gasteiger partial charge on any atom is 0.413 e. The van der Waals surface area contributed by atoms with Gasteiger partial charge in [-0.15, -0.1) is 0 Å². The SMILES string of the molecule is COc1cc([C@H]2C[C@@H]2C(=O)O)cc(NC(=O)OC(C)(C)C)n1. The molecule has 120 valence electrons. The normalized spacial score (nSPS) is 20.2. The molecule has 0 unspecified atom stereocenters. The van der Waals surface area contributed by atoms with Crippen molar-refractivity contribution >= 4 is 17.9 Å². The molecule has 1 aromatic heterocycles. The van der Waals surface area contributed by atoms with Crippen LogP contribution in [0.25, 0.3) is 0 Å². The highest BCUT2D eigenvalue weighted by Crippen LogP contribution is 2.48. The molecule has 7 heteroatoms. The van der Waals surface area contributed by atoms with E-state index in [1.54, 1.807) is 32.9 Å². The number of carboxylic acid groups (broad SMARTS) is 1. The number of carbonyl (C=O) groups is 2. The van der Waals surface area contributed by atoms with Crippen molar-refractivity contribution in [2.75, 3.05) is 12.4 Å². The molecule has 0 saturated heterocycles. The van der Waals surface area contributed by atoms with Crippen molar-refractivity contribution in [2.24, 2.45) is 5.92 Å². The summed E-state index contributed by atoms with van der Waals surface area (Å²) in [5.41, 5.74) is 0.168. The Morgan fingerprint density at radius 1 is 1.36 bits per heavy atom. The average Bonchev–Trinajstić information content (AvgIpc) is 3.16. The maximum absolute atomic E-state index is 11.8. The number of nitrogens with zero attached hydrogens (tertiary/aromatic N) is 1. The number of hydrogen-bond donors (Lipinski definition) is 2. The lowest BCUT2D eigenvalue weighted by Gasteiger charge is -2.19. The van der Waals surface area contributed by atoms with Gasteiger partial charge in [-0.05, 0) is 44.7 Å². The smallest absolute Gasteiger partial charge is 0.413 e. The average molecular weight is 308 g/mol. The van der Waals surface area contributed by atoms with E-state index in [-0.39, 0.29) is 17.7 Å². The van der Waals surface area contributed by atoms with E-state index >= 15 is 0 Å². The van der Waals surface area contributed by atoms with E-state index in [1.165, 1.54) is 7.11 Å². The Hall–Kier alpha value is -2.31. The van der Waals surface area contributed by atoms with Gasteiger partial charge in [-0.25, -0.2) is 4.79 Å². The zero-order valence-electron chi connectivity index (χ0n) is 13.0. The molecule has 1 saturated carbocycles. The Morgan fingerprint density at radius 2 is 2.05 bits per heavy atom. The number of anilines is 1. The molecule has 1 aliphatic rings. The molecule has 0 aromatic carbocycles. The highest BCUT2D eigenvalue weighted by Gasteiger charge is 2.44. The molecule has 2 N–H and O–H groups in total. The number of methoxy groups -OCH3 is 1. The van der Waals surface area contributed by atoms with Gasteiger partial charge in [0.1, 0.15) is 11.4 Å². The van der Waals surface area contributed by atoms with Crippen molar-refractivity contribution in [3.8, 4) is 5.88 Å². The molecule has 1 amide bonds. The molecule has 2 atom stereocenters. The van der Waals surface area contributed by atoms with Crippen molar-refractivity contribution in [1.82, 2.24) is 4.98 Å². The molecule has 0 bridgehead atoms. The summed E-state index contributed by atoms with van der Waals surface area (Å²) in [6.45, 7) is 5.29. The van der Waals surface area contributed by atoms with Crippen LogP contribution in [0.4, 0.5) is 10.6 Å². The van der Waals surface area contributed by atoms with Crippen LogP contribution in [-0.2, 0) is 9.53 Å². The van der Waals surface area contributed by atoms with E-state index in [1.807, 2.05) is 0 Å². The van der Waals surface area contributed by atoms with Crippen molar-refractivity contribution in [3.63, 3.8) is 0 Å². The summed E-state index contributed by atoms with van der Waals surface area (Å²) in [5, 5.41) is 11.6. The number of hydrogen-bond acceptors (Lipinski definition) is 5. The monoisotopic (exact) mass is 308 g/mol. The summed E-state index contributed by atoms with van der Waals surface area (Å²) < 4.78 is 10.3. The van der Waals surface area contributed by atoms with E-state index in [0.29, 0.717) is 12.3 Å². The second-order valence-corrected chi connectivity index (χ2v) is 6.24. The van der Waals surface area contributed by atoms with E-state index in [2.05, 4.69) is 10.3 Å². The lowest BCUT2D eigenvalue weighted by Crippen LogP contribution is -2.27. The number of nitrogens with one attached hydrogen (secondary N) is 1. The summed E-state index contributed by atoms with van der Waals surface area (Å²) >= 11 is 0. The maximum atomic E-state index is 11.8. The van der Waals surface area contributed by atoms with Crippen LogP contribution in [0.3, 0.4) is 0 Å². The molecule has 0 spiro atoms. The minimum Gasteiger partial charge on any atom is -0.481 e. The first-order valence-corrected chi connectivity index (χ1v) is 6.98. The van der Waals surface area contributed by atoms with E-state index in [4.69, 9.17) is 14.6 Å². The van der Waals surface area contributed by atoms with Crippen LogP contribution in [0.2, 0.25) is 0 Å². The Balaban J connectivity index is 2.15. The Labute approximate surface area is 128 Å². The molecular formula is C15H20N2O5. The van der Waals surface area contributed by atoms with E-state index < -0.39 is 17.7 Å². The first-order valence-electron chi connectivity index (χ1n) is 6.98. The van der Waals surface area contributed by atoms with Crippen molar-refractivity contribution < 1.29 is 24.2 Å². The number of carboxylic acids is 1. The van der Waals surface area contributed by atoms with Crippen LogP contribution in [0.1, 0.15) is 38.7 Å². The summed E-state index contributed by atoms with van der Waals surface area (Å²) in [6.07, 6.45) is -0.0428. The molecular weight excluding hydrogens is 288 g/mol. The van der Waals surface area contributed by atoms with Gasteiger partial charge in [0, 0.05) is 6.07 Å². The molecule has 1 aliphatic carbocycles. The number of rotatable bonds is 4. The zero-order valence-corrected chi connectivity index (χ0v) is 13.0. The van der Waals surface area contributed by atoms with Gasteiger partial charge >= 0.3 is 12.1 Å². The second-order valence-electron chi connectivity index (χ2n) is 6.24. The van der Waals surface area contributed by atoms with Crippen LogP contribution in [0.15, 0.2) is 12.1 Å². The Kier molecular flexibility index (Phi) is 4.25. The van der Waals surface area contributed by atoms with Crippen LogP contribution < -0.4 is 10.1 Å². The van der Waals surface area contributed by atoms with Crippen LogP contribution >= 0.6 is 0 Å². The predicted octanol–water partition coefficient (Wildman–Crippen LogP) is 2.63. The van der Waals surface area contributed by atoms with Gasteiger partial charge in [-0.1, -0.05) is 0 Å². The quantitative estimate of drug-likeness (QED) is 0.887. The fourth-order valence-electron chi connectivity index (χ4n) is 2.15. The number of pyridine rings is 1. The minimum atomic E-state index is -0.817. The topological polar surface area (TPSA) is 97.8 Å². The first-order chi connectivity index (χ1) is 10.2. The largest absolute Gasteiger partial charge is 0.481 e. The zero-order chi connectivity index (χ0) is 16.5. The summed E-state index contributed by atoms with van der Waals surface area (Å²) in [4.78, 5) is 26.9. The van der Waals surface area contributed by atoms with Crippen LogP contribution in [0.5, 0.6) is 5.88 Å². The van der Waals surface area contributed by atoms with Crippen LogP contribution in [0, 0.1) is 5.92 Å². The summed E-state index contributed by atoms with van der Waals surface area (Å²) in [6, 6.07) is 3.34. The molecule has 1 fully saturated rings. The predicted molar refractivity (Wildman–Crippen MR) is 79.1 cm³/mol. The highest BCUT2D eigenvalue weighted by molar-refractivity contribution is 5.84. The van der Waals surface area contributed by atoms with Gasteiger partial charge < -0.3 is 14.6 Å². The third-order valence-corrected chi connectivity index (χ3v) is 3.20. The molecule has 22 heavy (non-hydrogen) atoms. The Bertz CT molecular complexity index is 594. The third-order valence-electron chi connectivity index (χ3n) is 3.20. The molecule has 0 aliphatic heterocycles. The standard InChI is InChI=1S/C15H20N2O5/c1-15(2,3)22-14(20)17-11-5-8(6-12(16-11)21-4)9-7-10(9)13(18)19/h5-6,9-10H,7H2,1-4H3,(H,18,19)(H,16,17,20)/t9-,10+/m1/s1.